The molecular formula is C18H30O. The molecule has 1 heteroatoms. The van der Waals surface area contributed by atoms with Crippen LogP contribution in [-0.4, -0.2) is 5.11 Å². The zero-order valence-electron chi connectivity index (χ0n) is 13.2. The van der Waals surface area contributed by atoms with Crippen molar-refractivity contribution in [2.75, 3.05) is 0 Å². The van der Waals surface area contributed by atoms with Crippen LogP contribution in [0, 0.1) is 17.8 Å². The summed E-state index contributed by atoms with van der Waals surface area (Å²) < 4.78 is 0. The van der Waals surface area contributed by atoms with E-state index in [0.717, 1.165) is 17.8 Å². The predicted molar refractivity (Wildman–Crippen MR) is 83.5 cm³/mol. The Labute approximate surface area is 119 Å². The minimum absolute atomic E-state index is 0.356. The molecule has 0 heterocycles. The predicted octanol–water partition coefficient (Wildman–Crippen LogP) is 5.59. The summed E-state index contributed by atoms with van der Waals surface area (Å²) >= 11 is 0. The van der Waals surface area contributed by atoms with Gasteiger partial charge in [0.15, 0.2) is 0 Å². The average molecular weight is 262 g/mol. The van der Waals surface area contributed by atoms with Crippen molar-refractivity contribution in [2.45, 2.75) is 59.8 Å². The van der Waals surface area contributed by atoms with E-state index in [-0.39, 0.29) is 0 Å². The van der Waals surface area contributed by atoms with E-state index < -0.39 is 0 Å². The van der Waals surface area contributed by atoms with E-state index in [9.17, 15) is 5.11 Å². The minimum atomic E-state index is 0.356. The molecule has 0 radical (unpaired) electrons. The molecule has 0 saturated carbocycles. The molecule has 0 aromatic heterocycles. The SMILES string of the molecule is CC(C)CC(C)CC(C)CC(C)c1ccc(O)cc1. The molecule has 0 fully saturated rings. The van der Waals surface area contributed by atoms with Crippen molar-refractivity contribution in [1.82, 2.24) is 0 Å². The first-order valence-electron chi connectivity index (χ1n) is 7.67. The first-order chi connectivity index (χ1) is 8.88. The Balaban J connectivity index is 2.43. The summed E-state index contributed by atoms with van der Waals surface area (Å²) in [6.07, 6.45) is 3.88. The number of aromatic hydroxyl groups is 1. The van der Waals surface area contributed by atoms with Gasteiger partial charge < -0.3 is 5.11 Å². The lowest BCUT2D eigenvalue weighted by Gasteiger charge is -2.22. The van der Waals surface area contributed by atoms with Crippen LogP contribution in [-0.2, 0) is 0 Å². The standard InChI is InChI=1S/C18H30O/c1-13(2)10-14(3)11-15(4)12-16(5)17-6-8-18(19)9-7-17/h6-9,13-16,19H,10-12H2,1-5H3. The van der Waals surface area contributed by atoms with Gasteiger partial charge >= 0.3 is 0 Å². The molecule has 3 unspecified atom stereocenters. The van der Waals surface area contributed by atoms with Gasteiger partial charge in [0.1, 0.15) is 5.75 Å². The van der Waals surface area contributed by atoms with Gasteiger partial charge in [-0.1, -0.05) is 46.8 Å². The third-order valence-corrected chi connectivity index (χ3v) is 3.90. The van der Waals surface area contributed by atoms with Crippen molar-refractivity contribution in [3.8, 4) is 5.75 Å². The van der Waals surface area contributed by atoms with Gasteiger partial charge in [0, 0.05) is 0 Å². The van der Waals surface area contributed by atoms with Crippen LogP contribution in [0.3, 0.4) is 0 Å². The second kappa shape index (κ2) is 7.57. The van der Waals surface area contributed by atoms with Crippen LogP contribution >= 0.6 is 0 Å². The van der Waals surface area contributed by atoms with E-state index in [1.807, 2.05) is 12.1 Å². The maximum absolute atomic E-state index is 9.32. The molecule has 0 spiro atoms. The monoisotopic (exact) mass is 262 g/mol. The highest BCUT2D eigenvalue weighted by Crippen LogP contribution is 2.29. The number of phenolic OH excluding ortho intramolecular Hbond substituents is 1. The molecule has 0 bridgehead atoms. The number of hydrogen-bond acceptors (Lipinski definition) is 1. The van der Waals surface area contributed by atoms with Gasteiger partial charge in [-0.2, -0.15) is 0 Å². The Morgan fingerprint density at radius 2 is 1.32 bits per heavy atom. The maximum atomic E-state index is 9.32. The summed E-state index contributed by atoms with van der Waals surface area (Å²) in [5.74, 6) is 3.31. The zero-order valence-corrected chi connectivity index (χ0v) is 13.2. The Morgan fingerprint density at radius 1 is 0.789 bits per heavy atom. The van der Waals surface area contributed by atoms with Crippen LogP contribution < -0.4 is 0 Å². The van der Waals surface area contributed by atoms with Crippen molar-refractivity contribution in [1.29, 1.82) is 0 Å². The van der Waals surface area contributed by atoms with Gasteiger partial charge in [-0.25, -0.2) is 0 Å². The fraction of sp³-hybridized carbons (Fsp3) is 0.667. The third-order valence-electron chi connectivity index (χ3n) is 3.90. The number of phenols is 1. The van der Waals surface area contributed by atoms with Crippen LogP contribution in [0.15, 0.2) is 24.3 Å². The van der Waals surface area contributed by atoms with E-state index in [4.69, 9.17) is 0 Å². The molecule has 0 aliphatic carbocycles. The highest BCUT2D eigenvalue weighted by atomic mass is 16.3. The lowest BCUT2D eigenvalue weighted by atomic mass is 9.84. The molecule has 1 aromatic carbocycles. The van der Waals surface area contributed by atoms with Gasteiger partial charge in [-0.3, -0.25) is 0 Å². The summed E-state index contributed by atoms with van der Waals surface area (Å²) in [7, 11) is 0. The zero-order chi connectivity index (χ0) is 14.4. The number of benzene rings is 1. The van der Waals surface area contributed by atoms with Gasteiger partial charge in [-0.15, -0.1) is 0 Å². The van der Waals surface area contributed by atoms with E-state index in [2.05, 4.69) is 34.6 Å². The van der Waals surface area contributed by atoms with Crippen LogP contribution in [0.25, 0.3) is 0 Å². The van der Waals surface area contributed by atoms with E-state index in [1.165, 1.54) is 24.8 Å². The summed E-state index contributed by atoms with van der Waals surface area (Å²) in [5, 5.41) is 9.32. The quantitative estimate of drug-likeness (QED) is 0.678. The minimum Gasteiger partial charge on any atom is -0.508 e. The summed E-state index contributed by atoms with van der Waals surface area (Å²) in [5.41, 5.74) is 1.33. The van der Waals surface area contributed by atoms with E-state index in [1.54, 1.807) is 12.1 Å². The summed E-state index contributed by atoms with van der Waals surface area (Å²) in [6, 6.07) is 7.67. The molecule has 1 N–H and O–H groups in total. The number of hydrogen-bond donors (Lipinski definition) is 1. The van der Waals surface area contributed by atoms with Gasteiger partial charge in [0.05, 0.1) is 0 Å². The first-order valence-corrected chi connectivity index (χ1v) is 7.67. The Kier molecular flexibility index (Phi) is 6.41. The number of rotatable bonds is 7. The fourth-order valence-corrected chi connectivity index (χ4v) is 3.23. The van der Waals surface area contributed by atoms with E-state index >= 15 is 0 Å². The summed E-state index contributed by atoms with van der Waals surface area (Å²) in [6.45, 7) is 11.6. The van der Waals surface area contributed by atoms with Crippen LogP contribution in [0.4, 0.5) is 0 Å². The Hall–Kier alpha value is -0.980. The molecular weight excluding hydrogens is 232 g/mol. The third kappa shape index (κ3) is 6.13. The molecule has 19 heavy (non-hydrogen) atoms. The molecule has 3 atom stereocenters. The average Bonchev–Trinajstić information content (AvgIpc) is 2.27. The molecule has 0 aliphatic rings. The topological polar surface area (TPSA) is 20.2 Å². The molecule has 108 valence electrons. The highest BCUT2D eigenvalue weighted by Gasteiger charge is 2.14. The second-order valence-corrected chi connectivity index (χ2v) is 6.80. The fourth-order valence-electron chi connectivity index (χ4n) is 3.23. The van der Waals surface area contributed by atoms with E-state index in [0.29, 0.717) is 11.7 Å². The summed E-state index contributed by atoms with van der Waals surface area (Å²) in [4.78, 5) is 0. The largest absolute Gasteiger partial charge is 0.508 e. The van der Waals surface area contributed by atoms with Crippen LogP contribution in [0.5, 0.6) is 5.75 Å². The van der Waals surface area contributed by atoms with Crippen molar-refractivity contribution in [3.05, 3.63) is 29.8 Å². The maximum Gasteiger partial charge on any atom is 0.115 e. The molecule has 1 rings (SSSR count). The molecule has 0 aliphatic heterocycles. The lowest BCUT2D eigenvalue weighted by Crippen LogP contribution is -2.09. The van der Waals surface area contributed by atoms with Crippen molar-refractivity contribution < 1.29 is 5.11 Å². The molecule has 1 aromatic rings. The lowest BCUT2D eigenvalue weighted by molar-refractivity contribution is 0.333. The van der Waals surface area contributed by atoms with Crippen molar-refractivity contribution in [2.24, 2.45) is 17.8 Å². The van der Waals surface area contributed by atoms with Gasteiger partial charge in [0.2, 0.25) is 0 Å². The second-order valence-electron chi connectivity index (χ2n) is 6.80. The van der Waals surface area contributed by atoms with Gasteiger partial charge in [-0.05, 0) is 60.6 Å². The Morgan fingerprint density at radius 3 is 1.84 bits per heavy atom. The van der Waals surface area contributed by atoms with Crippen molar-refractivity contribution in [3.63, 3.8) is 0 Å². The van der Waals surface area contributed by atoms with Crippen LogP contribution in [0.2, 0.25) is 0 Å². The Bertz CT molecular complexity index is 352. The first kappa shape index (κ1) is 16.1. The molecule has 0 saturated heterocycles. The smallest absolute Gasteiger partial charge is 0.115 e. The highest BCUT2D eigenvalue weighted by molar-refractivity contribution is 5.27. The molecule has 1 nitrogen and oxygen atoms in total. The molecule has 0 amide bonds. The van der Waals surface area contributed by atoms with Crippen molar-refractivity contribution >= 4 is 0 Å². The van der Waals surface area contributed by atoms with Gasteiger partial charge in [0.25, 0.3) is 0 Å². The normalized spacial score (nSPS) is 16.3. The van der Waals surface area contributed by atoms with Crippen LogP contribution in [0.1, 0.15) is 65.4 Å².